The molecular weight excluding hydrogens is 384 g/mol. The van der Waals surface area contributed by atoms with Gasteiger partial charge in [0.15, 0.2) is 10.8 Å². The molecule has 0 bridgehead atoms. The van der Waals surface area contributed by atoms with E-state index in [0.717, 1.165) is 49.7 Å². The lowest BCUT2D eigenvalue weighted by atomic mass is 9.79. The average Bonchev–Trinajstić information content (AvgIpc) is 3.32. The van der Waals surface area contributed by atoms with Gasteiger partial charge in [-0.1, -0.05) is 0 Å². The Morgan fingerprint density at radius 2 is 2.19 bits per heavy atom. The third kappa shape index (κ3) is 4.75. The summed E-state index contributed by atoms with van der Waals surface area (Å²) in [4.78, 5) is 27.5. The maximum Gasteiger partial charge on any atom is 0.317 e. The number of urea groups is 1. The Morgan fingerprint density at radius 3 is 2.96 bits per heavy atom. The van der Waals surface area contributed by atoms with Crippen molar-refractivity contribution in [2.24, 2.45) is 5.41 Å². The molecule has 2 aliphatic heterocycles. The lowest BCUT2D eigenvalue weighted by Gasteiger charge is -2.39. The van der Waals surface area contributed by atoms with E-state index in [1.807, 2.05) is 10.3 Å². The van der Waals surface area contributed by atoms with Crippen LogP contribution in [0.3, 0.4) is 0 Å². The fourth-order valence-corrected chi connectivity index (χ4v) is 4.67. The van der Waals surface area contributed by atoms with Gasteiger partial charge in [0.05, 0.1) is 5.69 Å². The SMILES string of the molecule is Cl.O=C(NCCc1csc(-c2ncccn2)n1)N1CCCC2(CCNC2)C1. The van der Waals surface area contributed by atoms with Crippen molar-refractivity contribution in [3.63, 3.8) is 0 Å². The van der Waals surface area contributed by atoms with E-state index in [9.17, 15) is 4.79 Å². The van der Waals surface area contributed by atoms with Gasteiger partial charge in [0.2, 0.25) is 0 Å². The predicted octanol–water partition coefficient (Wildman–Crippen LogP) is 2.35. The summed E-state index contributed by atoms with van der Waals surface area (Å²) in [6.07, 6.45) is 7.66. The van der Waals surface area contributed by atoms with E-state index in [-0.39, 0.29) is 18.4 Å². The summed E-state index contributed by atoms with van der Waals surface area (Å²) < 4.78 is 0. The van der Waals surface area contributed by atoms with Gasteiger partial charge in [-0.25, -0.2) is 19.7 Å². The normalized spacial score (nSPS) is 21.9. The summed E-state index contributed by atoms with van der Waals surface area (Å²) in [6.45, 7) is 4.45. The number of piperidine rings is 1. The number of hydrogen-bond donors (Lipinski definition) is 2. The molecule has 1 spiro atoms. The monoisotopic (exact) mass is 408 g/mol. The van der Waals surface area contributed by atoms with Gasteiger partial charge in [-0.3, -0.25) is 0 Å². The maximum atomic E-state index is 12.5. The molecule has 2 saturated heterocycles. The standard InChI is InChI=1S/C18H24N6OS.ClH/c25-17(24-10-1-4-18(13-24)5-9-19-12-18)22-8-3-14-11-26-16(23-14)15-20-6-2-7-21-15;/h2,6-7,11,19H,1,3-5,8-10,12-13H2,(H,22,25);1H. The number of hydrogen-bond acceptors (Lipinski definition) is 6. The van der Waals surface area contributed by atoms with Crippen LogP contribution in [0.5, 0.6) is 0 Å². The minimum absolute atomic E-state index is 0. The molecule has 0 saturated carbocycles. The summed E-state index contributed by atoms with van der Waals surface area (Å²) in [5, 5.41) is 9.33. The number of carbonyl (C=O) groups is 1. The first-order valence-electron chi connectivity index (χ1n) is 9.19. The van der Waals surface area contributed by atoms with Gasteiger partial charge in [0.1, 0.15) is 0 Å². The zero-order valence-corrected chi connectivity index (χ0v) is 16.8. The van der Waals surface area contributed by atoms with Crippen molar-refractivity contribution in [3.05, 3.63) is 29.5 Å². The van der Waals surface area contributed by atoms with Gasteiger partial charge >= 0.3 is 6.03 Å². The highest BCUT2D eigenvalue weighted by molar-refractivity contribution is 7.13. The summed E-state index contributed by atoms with van der Waals surface area (Å²) in [5.74, 6) is 0.650. The fraction of sp³-hybridized carbons (Fsp3) is 0.556. The Bertz CT molecular complexity index is 749. The van der Waals surface area contributed by atoms with E-state index in [1.165, 1.54) is 24.2 Å². The molecule has 0 aliphatic carbocycles. The minimum atomic E-state index is 0. The molecule has 2 fully saturated rings. The first-order chi connectivity index (χ1) is 12.7. The topological polar surface area (TPSA) is 83.0 Å². The van der Waals surface area contributed by atoms with E-state index in [4.69, 9.17) is 0 Å². The van der Waals surface area contributed by atoms with Gasteiger partial charge in [-0.05, 0) is 31.9 Å². The van der Waals surface area contributed by atoms with Gasteiger partial charge in [-0.15, -0.1) is 23.7 Å². The number of thiazole rings is 1. The Labute approximate surface area is 169 Å². The quantitative estimate of drug-likeness (QED) is 0.811. The summed E-state index contributed by atoms with van der Waals surface area (Å²) in [7, 11) is 0. The third-order valence-corrected chi connectivity index (χ3v) is 6.13. The van der Waals surface area contributed by atoms with Crippen LogP contribution in [0.4, 0.5) is 4.79 Å². The first kappa shape index (κ1) is 20.0. The lowest BCUT2D eigenvalue weighted by Crippen LogP contribution is -2.50. The van der Waals surface area contributed by atoms with E-state index in [1.54, 1.807) is 18.5 Å². The molecule has 7 nitrogen and oxygen atoms in total. The number of carbonyl (C=O) groups excluding carboxylic acids is 1. The number of nitrogens with zero attached hydrogens (tertiary/aromatic N) is 4. The number of aromatic nitrogens is 3. The van der Waals surface area contributed by atoms with Gasteiger partial charge in [0.25, 0.3) is 0 Å². The summed E-state index contributed by atoms with van der Waals surface area (Å²) in [6, 6.07) is 1.85. The number of nitrogens with one attached hydrogen (secondary N) is 2. The van der Waals surface area contributed by atoms with Crippen molar-refractivity contribution >= 4 is 29.8 Å². The van der Waals surface area contributed by atoms with Gasteiger partial charge in [-0.2, -0.15) is 0 Å². The summed E-state index contributed by atoms with van der Waals surface area (Å²) >= 11 is 1.54. The smallest absolute Gasteiger partial charge is 0.317 e. The van der Waals surface area contributed by atoms with E-state index < -0.39 is 0 Å². The van der Waals surface area contributed by atoms with Gasteiger partial charge in [0, 0.05) is 55.8 Å². The van der Waals surface area contributed by atoms with Gasteiger partial charge < -0.3 is 15.5 Å². The van der Waals surface area contributed by atoms with Crippen LogP contribution in [-0.2, 0) is 6.42 Å². The number of halogens is 1. The maximum absolute atomic E-state index is 12.5. The second-order valence-electron chi connectivity index (χ2n) is 7.15. The highest BCUT2D eigenvalue weighted by Crippen LogP contribution is 2.35. The largest absolute Gasteiger partial charge is 0.338 e. The molecule has 2 aliphatic rings. The molecule has 146 valence electrons. The molecule has 2 amide bonds. The van der Waals surface area contributed by atoms with Crippen molar-refractivity contribution in [1.82, 2.24) is 30.5 Å². The molecule has 2 aromatic heterocycles. The van der Waals surface area contributed by atoms with Crippen molar-refractivity contribution in [3.8, 4) is 10.8 Å². The fourth-order valence-electron chi connectivity index (χ4n) is 3.87. The van der Waals surface area contributed by atoms with Crippen LogP contribution in [0.25, 0.3) is 10.8 Å². The Kier molecular flexibility index (Phi) is 6.62. The van der Waals surface area contributed by atoms with Crippen molar-refractivity contribution < 1.29 is 4.79 Å². The first-order valence-corrected chi connectivity index (χ1v) is 10.1. The number of likely N-dealkylation sites (tertiary alicyclic amines) is 1. The molecule has 0 radical (unpaired) electrons. The highest BCUT2D eigenvalue weighted by atomic mass is 35.5. The third-order valence-electron chi connectivity index (χ3n) is 5.25. The van der Waals surface area contributed by atoms with Crippen LogP contribution in [0, 0.1) is 5.41 Å². The molecule has 2 N–H and O–H groups in total. The van der Waals surface area contributed by atoms with Crippen LogP contribution >= 0.6 is 23.7 Å². The lowest BCUT2D eigenvalue weighted by molar-refractivity contribution is 0.118. The number of rotatable bonds is 4. The van der Waals surface area contributed by atoms with Crippen molar-refractivity contribution in [2.75, 3.05) is 32.7 Å². The van der Waals surface area contributed by atoms with E-state index in [2.05, 4.69) is 25.6 Å². The predicted molar refractivity (Wildman–Crippen MR) is 108 cm³/mol. The van der Waals surface area contributed by atoms with Crippen molar-refractivity contribution in [1.29, 1.82) is 0 Å². The second-order valence-corrected chi connectivity index (χ2v) is 8.01. The summed E-state index contributed by atoms with van der Waals surface area (Å²) in [5.41, 5.74) is 1.27. The Hall–Kier alpha value is -1.77. The van der Waals surface area contributed by atoms with Crippen LogP contribution < -0.4 is 10.6 Å². The second kappa shape index (κ2) is 8.95. The number of amides is 2. The molecule has 1 unspecified atom stereocenters. The molecule has 2 aromatic rings. The molecule has 4 rings (SSSR count). The average molecular weight is 409 g/mol. The van der Waals surface area contributed by atoms with Crippen LogP contribution in [0.1, 0.15) is 25.0 Å². The van der Waals surface area contributed by atoms with Crippen LogP contribution in [0.15, 0.2) is 23.8 Å². The van der Waals surface area contributed by atoms with Crippen LogP contribution in [-0.4, -0.2) is 58.6 Å². The molecule has 0 aromatic carbocycles. The zero-order valence-electron chi connectivity index (χ0n) is 15.2. The Morgan fingerprint density at radius 1 is 1.33 bits per heavy atom. The van der Waals surface area contributed by atoms with E-state index in [0.29, 0.717) is 17.8 Å². The highest BCUT2D eigenvalue weighted by Gasteiger charge is 2.39. The molecule has 27 heavy (non-hydrogen) atoms. The van der Waals surface area contributed by atoms with Crippen LogP contribution in [0.2, 0.25) is 0 Å². The Balaban J connectivity index is 0.00000210. The minimum Gasteiger partial charge on any atom is -0.338 e. The molecule has 4 heterocycles. The van der Waals surface area contributed by atoms with E-state index >= 15 is 0 Å². The van der Waals surface area contributed by atoms with Crippen molar-refractivity contribution in [2.45, 2.75) is 25.7 Å². The molecule has 9 heteroatoms. The molecule has 1 atom stereocenters. The molecular formula is C18H25ClN6OS. The zero-order chi connectivity index (χ0) is 17.8.